The number of carbonyl (C=O) groups is 2. The lowest BCUT2D eigenvalue weighted by molar-refractivity contribution is 0.103. The Kier molecular flexibility index (Phi) is 4.07. The number of para-hydroxylation sites is 1. The van der Waals surface area contributed by atoms with Crippen molar-refractivity contribution in [2.75, 3.05) is 0 Å². The second-order valence-corrected chi connectivity index (χ2v) is 6.99. The van der Waals surface area contributed by atoms with Gasteiger partial charge in [0.15, 0.2) is 5.78 Å². The Morgan fingerprint density at radius 1 is 0.655 bits per heavy atom. The van der Waals surface area contributed by atoms with Gasteiger partial charge in [-0.25, -0.2) is 0 Å². The third-order valence-corrected chi connectivity index (χ3v) is 5.24. The fraction of sp³-hybridized carbons (Fsp3) is 0. The molecule has 0 amide bonds. The van der Waals surface area contributed by atoms with E-state index in [9.17, 15) is 9.59 Å². The largest absolute Gasteiger partial charge is 0.309 e. The number of rotatable bonds is 4. The molecule has 0 saturated carbocycles. The van der Waals surface area contributed by atoms with E-state index in [1.54, 1.807) is 0 Å². The summed E-state index contributed by atoms with van der Waals surface area (Å²) in [4.78, 5) is 24.2. The van der Waals surface area contributed by atoms with Crippen LogP contribution in [-0.2, 0) is 0 Å². The highest BCUT2D eigenvalue weighted by atomic mass is 16.1. The zero-order valence-corrected chi connectivity index (χ0v) is 15.6. The molecule has 0 bridgehead atoms. The first-order chi connectivity index (χ1) is 14.3. The van der Waals surface area contributed by atoms with Gasteiger partial charge in [0.25, 0.3) is 0 Å². The molecule has 138 valence electrons. The Labute approximate surface area is 167 Å². The van der Waals surface area contributed by atoms with E-state index in [-0.39, 0.29) is 5.78 Å². The van der Waals surface area contributed by atoms with Gasteiger partial charge in [-0.1, -0.05) is 60.7 Å². The molecule has 1 heterocycles. The molecule has 5 aromatic rings. The van der Waals surface area contributed by atoms with E-state index in [4.69, 9.17) is 0 Å². The molecule has 3 heteroatoms. The Morgan fingerprint density at radius 3 is 2.21 bits per heavy atom. The molecule has 0 spiro atoms. The van der Waals surface area contributed by atoms with Crippen molar-refractivity contribution in [3.05, 3.63) is 114 Å². The maximum absolute atomic E-state index is 12.9. The van der Waals surface area contributed by atoms with Crippen LogP contribution in [0.25, 0.3) is 27.5 Å². The van der Waals surface area contributed by atoms with Gasteiger partial charge < -0.3 is 4.57 Å². The van der Waals surface area contributed by atoms with Crippen molar-refractivity contribution in [2.24, 2.45) is 0 Å². The number of hydrogen-bond donors (Lipinski definition) is 0. The molecule has 0 unspecified atom stereocenters. The lowest BCUT2D eigenvalue weighted by Crippen LogP contribution is -2.03. The molecule has 0 fully saturated rings. The fourth-order valence-electron chi connectivity index (χ4n) is 3.88. The van der Waals surface area contributed by atoms with Crippen molar-refractivity contribution in [1.29, 1.82) is 0 Å². The molecular weight excluding hydrogens is 358 g/mol. The molecule has 0 radical (unpaired) electrons. The van der Waals surface area contributed by atoms with Crippen molar-refractivity contribution in [1.82, 2.24) is 4.57 Å². The lowest BCUT2D eigenvalue weighted by Gasteiger charge is -2.10. The predicted molar refractivity (Wildman–Crippen MR) is 116 cm³/mol. The van der Waals surface area contributed by atoms with E-state index in [0.717, 1.165) is 33.8 Å². The van der Waals surface area contributed by atoms with Crippen LogP contribution >= 0.6 is 0 Å². The van der Waals surface area contributed by atoms with Gasteiger partial charge >= 0.3 is 0 Å². The normalized spacial score (nSPS) is 11.0. The van der Waals surface area contributed by atoms with Crippen LogP contribution in [0.4, 0.5) is 0 Å². The average molecular weight is 375 g/mol. The van der Waals surface area contributed by atoms with Crippen LogP contribution in [0.5, 0.6) is 0 Å². The van der Waals surface area contributed by atoms with E-state index in [1.165, 1.54) is 0 Å². The van der Waals surface area contributed by atoms with Crippen molar-refractivity contribution in [3.63, 3.8) is 0 Å². The molecule has 0 aliphatic heterocycles. The van der Waals surface area contributed by atoms with Crippen molar-refractivity contribution >= 4 is 33.9 Å². The Morgan fingerprint density at radius 2 is 1.38 bits per heavy atom. The highest BCUT2D eigenvalue weighted by molar-refractivity contribution is 6.11. The minimum Gasteiger partial charge on any atom is -0.309 e. The van der Waals surface area contributed by atoms with Gasteiger partial charge in [0.2, 0.25) is 0 Å². The summed E-state index contributed by atoms with van der Waals surface area (Å²) in [6, 6.07) is 30.8. The predicted octanol–water partition coefficient (Wildman–Crippen LogP) is 5.83. The summed E-state index contributed by atoms with van der Waals surface area (Å²) >= 11 is 0. The van der Waals surface area contributed by atoms with E-state index < -0.39 is 0 Å². The molecule has 0 saturated heterocycles. The molecule has 4 aromatic carbocycles. The van der Waals surface area contributed by atoms with Crippen molar-refractivity contribution in [3.8, 4) is 5.69 Å². The van der Waals surface area contributed by atoms with E-state index in [0.29, 0.717) is 16.7 Å². The Bertz CT molecular complexity index is 1380. The van der Waals surface area contributed by atoms with Gasteiger partial charge in [-0.2, -0.15) is 0 Å². The third kappa shape index (κ3) is 2.84. The smallest absolute Gasteiger partial charge is 0.193 e. The van der Waals surface area contributed by atoms with Crippen LogP contribution < -0.4 is 0 Å². The Balaban J connectivity index is 1.74. The number of benzene rings is 4. The van der Waals surface area contributed by atoms with Gasteiger partial charge in [-0.05, 0) is 36.4 Å². The number of hydrogen-bond acceptors (Lipinski definition) is 2. The van der Waals surface area contributed by atoms with Gasteiger partial charge in [0.05, 0.1) is 11.0 Å². The third-order valence-electron chi connectivity index (χ3n) is 5.24. The Hall–Kier alpha value is -3.98. The lowest BCUT2D eigenvalue weighted by atomic mass is 10.0. The number of aldehydes is 1. The summed E-state index contributed by atoms with van der Waals surface area (Å²) in [5, 5.41) is 2.09. The quantitative estimate of drug-likeness (QED) is 0.293. The summed E-state index contributed by atoms with van der Waals surface area (Å²) in [6.07, 6.45) is 0.866. The molecule has 3 nitrogen and oxygen atoms in total. The average Bonchev–Trinajstić information content (AvgIpc) is 3.13. The topological polar surface area (TPSA) is 39.1 Å². The molecule has 1 aromatic heterocycles. The monoisotopic (exact) mass is 375 g/mol. The number of aromatic nitrogens is 1. The summed E-state index contributed by atoms with van der Waals surface area (Å²) < 4.78 is 2.14. The molecule has 0 atom stereocenters. The van der Waals surface area contributed by atoms with Crippen LogP contribution in [0.3, 0.4) is 0 Å². The number of carbonyl (C=O) groups excluding carboxylic acids is 2. The zero-order chi connectivity index (χ0) is 19.8. The van der Waals surface area contributed by atoms with Gasteiger partial charge in [-0.15, -0.1) is 0 Å². The van der Waals surface area contributed by atoms with Gasteiger partial charge in [-0.3, -0.25) is 9.59 Å². The van der Waals surface area contributed by atoms with Gasteiger partial charge in [0.1, 0.15) is 6.29 Å². The van der Waals surface area contributed by atoms with Crippen molar-refractivity contribution in [2.45, 2.75) is 0 Å². The van der Waals surface area contributed by atoms with Crippen LogP contribution in [-0.4, -0.2) is 16.6 Å². The van der Waals surface area contributed by atoms with Crippen LogP contribution in [0.2, 0.25) is 0 Å². The van der Waals surface area contributed by atoms with E-state index >= 15 is 0 Å². The minimum absolute atomic E-state index is 0.00328. The SMILES string of the molecule is O=Cc1ccc2c(c1)c1ccccc1n2-c1cccc(C(=O)c2ccccc2)c1. The zero-order valence-electron chi connectivity index (χ0n) is 15.6. The molecule has 0 aliphatic carbocycles. The maximum Gasteiger partial charge on any atom is 0.193 e. The fourth-order valence-corrected chi connectivity index (χ4v) is 3.88. The second kappa shape index (κ2) is 6.88. The minimum atomic E-state index is -0.00328. The van der Waals surface area contributed by atoms with Gasteiger partial charge in [0, 0.05) is 33.2 Å². The van der Waals surface area contributed by atoms with E-state index in [1.807, 2.05) is 84.9 Å². The molecular formula is C26H17NO2. The van der Waals surface area contributed by atoms with Crippen molar-refractivity contribution < 1.29 is 9.59 Å². The molecule has 0 aliphatic rings. The number of ketones is 1. The standard InChI is InChI=1S/C26H17NO2/c28-17-18-13-14-25-23(15-18)22-11-4-5-12-24(22)27(25)21-10-6-9-20(16-21)26(29)19-7-2-1-3-8-19/h1-17H. The first kappa shape index (κ1) is 17.1. The van der Waals surface area contributed by atoms with Crippen LogP contribution in [0.15, 0.2) is 97.1 Å². The number of fused-ring (bicyclic) bond motifs is 3. The second-order valence-electron chi connectivity index (χ2n) is 6.99. The highest BCUT2D eigenvalue weighted by Crippen LogP contribution is 2.32. The summed E-state index contributed by atoms with van der Waals surface area (Å²) in [7, 11) is 0. The van der Waals surface area contributed by atoms with Crippen LogP contribution in [0.1, 0.15) is 26.3 Å². The molecule has 0 N–H and O–H groups in total. The highest BCUT2D eigenvalue weighted by Gasteiger charge is 2.14. The summed E-state index contributed by atoms with van der Waals surface area (Å²) in [5.41, 5.74) is 4.91. The van der Waals surface area contributed by atoms with Crippen LogP contribution in [0, 0.1) is 0 Å². The first-order valence-electron chi connectivity index (χ1n) is 9.45. The summed E-state index contributed by atoms with van der Waals surface area (Å²) in [5.74, 6) is -0.00328. The summed E-state index contributed by atoms with van der Waals surface area (Å²) in [6.45, 7) is 0. The first-order valence-corrected chi connectivity index (χ1v) is 9.45. The van der Waals surface area contributed by atoms with E-state index in [2.05, 4.69) is 16.7 Å². The molecule has 29 heavy (non-hydrogen) atoms. The number of nitrogens with zero attached hydrogens (tertiary/aromatic N) is 1. The molecule has 5 rings (SSSR count). The maximum atomic E-state index is 12.9.